The smallest absolute Gasteiger partial charge is 0.241 e. The largest absolute Gasteiger partial charge is 0.479 e. The Morgan fingerprint density at radius 3 is 1.67 bits per heavy atom. The fourth-order valence-electron chi connectivity index (χ4n) is 4.91. The quantitative estimate of drug-likeness (QED) is 0.395. The van der Waals surface area contributed by atoms with Crippen molar-refractivity contribution in [3.63, 3.8) is 0 Å². The predicted molar refractivity (Wildman–Crippen MR) is 106 cm³/mol. The summed E-state index contributed by atoms with van der Waals surface area (Å²) in [6.07, 6.45) is 0. The molecule has 7 rings (SSSR count). The minimum absolute atomic E-state index is 0.219. The van der Waals surface area contributed by atoms with E-state index < -0.39 is 0 Å². The van der Waals surface area contributed by atoms with Crippen LogP contribution in [0, 0.1) is 0 Å². The summed E-state index contributed by atoms with van der Waals surface area (Å²) in [5.74, 6) is 0.954. The molecular weight excluding hydrogens is 356 g/mol. The van der Waals surface area contributed by atoms with Crippen molar-refractivity contribution in [2.24, 2.45) is 0 Å². The van der Waals surface area contributed by atoms with E-state index in [0.717, 1.165) is 10.8 Å². The van der Waals surface area contributed by atoms with E-state index >= 15 is 0 Å². The lowest BCUT2D eigenvalue weighted by Crippen LogP contribution is -2.27. The van der Waals surface area contributed by atoms with Crippen LogP contribution in [0.5, 0.6) is 5.88 Å². The zero-order valence-corrected chi connectivity index (χ0v) is 15.4. The van der Waals surface area contributed by atoms with E-state index in [1.165, 1.54) is 33.4 Å². The summed E-state index contributed by atoms with van der Waals surface area (Å²) in [4.78, 5) is 0. The number of aromatic nitrogens is 2. The second kappa shape index (κ2) is 5.30. The summed E-state index contributed by atoms with van der Waals surface area (Å²) in [5, 5.41) is 10.4. The molecule has 0 amide bonds. The number of hydrogen-bond acceptors (Lipinski definition) is 3. The van der Waals surface area contributed by atoms with Gasteiger partial charge < -0.3 is 4.74 Å². The summed E-state index contributed by atoms with van der Waals surface area (Å²) in [6.45, 7) is 0. The van der Waals surface area contributed by atoms with Crippen LogP contribution in [-0.2, 0) is 0 Å². The van der Waals surface area contributed by atoms with Gasteiger partial charge in [0, 0.05) is 22.6 Å². The van der Waals surface area contributed by atoms with E-state index in [-0.39, 0.29) is 11.8 Å². The molecule has 3 aliphatic carbocycles. The first-order valence-electron chi connectivity index (χ1n) is 8.99. The first-order valence-corrected chi connectivity index (χ1v) is 9.37. The third kappa shape index (κ3) is 1.87. The van der Waals surface area contributed by atoms with Crippen LogP contribution in [0.15, 0.2) is 60.7 Å². The SMILES string of the molecule is COc1nnc(Cl)c2cc3c(cc12)C1c2ccccc2C3c2ccccc21. The van der Waals surface area contributed by atoms with Gasteiger partial charge in [0.2, 0.25) is 5.88 Å². The molecule has 0 radical (unpaired) electrons. The maximum Gasteiger partial charge on any atom is 0.241 e. The fourth-order valence-corrected chi connectivity index (χ4v) is 5.10. The Morgan fingerprint density at radius 1 is 0.704 bits per heavy atom. The van der Waals surface area contributed by atoms with Gasteiger partial charge in [0.25, 0.3) is 0 Å². The van der Waals surface area contributed by atoms with Crippen molar-refractivity contribution in [3.05, 3.63) is 99.2 Å². The van der Waals surface area contributed by atoms with Crippen LogP contribution < -0.4 is 4.74 Å². The van der Waals surface area contributed by atoms with Gasteiger partial charge in [0.15, 0.2) is 5.15 Å². The van der Waals surface area contributed by atoms with Crippen LogP contribution in [0.25, 0.3) is 10.8 Å². The van der Waals surface area contributed by atoms with Gasteiger partial charge in [-0.3, -0.25) is 0 Å². The van der Waals surface area contributed by atoms with Gasteiger partial charge in [-0.15, -0.1) is 10.2 Å². The van der Waals surface area contributed by atoms with Crippen LogP contribution in [0.3, 0.4) is 0 Å². The topological polar surface area (TPSA) is 35.0 Å². The summed E-state index contributed by atoms with van der Waals surface area (Å²) in [6, 6.07) is 21.9. The minimum Gasteiger partial charge on any atom is -0.479 e. The monoisotopic (exact) mass is 370 g/mol. The van der Waals surface area contributed by atoms with Crippen molar-refractivity contribution in [2.45, 2.75) is 11.8 Å². The molecule has 0 aliphatic heterocycles. The predicted octanol–water partition coefficient (Wildman–Crippen LogP) is 5.28. The second-order valence-corrected chi connectivity index (χ2v) is 7.51. The number of methoxy groups -OCH3 is 1. The lowest BCUT2D eigenvalue weighted by atomic mass is 9.61. The molecule has 0 N–H and O–H groups in total. The minimum atomic E-state index is 0.219. The van der Waals surface area contributed by atoms with Crippen LogP contribution >= 0.6 is 11.6 Å². The first-order chi connectivity index (χ1) is 13.3. The van der Waals surface area contributed by atoms with Crippen molar-refractivity contribution in [3.8, 4) is 5.88 Å². The Morgan fingerprint density at radius 2 is 1.19 bits per heavy atom. The number of ether oxygens (including phenoxy) is 1. The average molecular weight is 371 g/mol. The van der Waals surface area contributed by atoms with Crippen molar-refractivity contribution in [1.82, 2.24) is 10.2 Å². The van der Waals surface area contributed by atoms with Crippen LogP contribution in [0.1, 0.15) is 45.2 Å². The highest BCUT2D eigenvalue weighted by atomic mass is 35.5. The Labute approximate surface area is 161 Å². The molecule has 1 aromatic heterocycles. The number of benzene rings is 3. The first kappa shape index (κ1) is 15.2. The van der Waals surface area contributed by atoms with Crippen molar-refractivity contribution in [1.29, 1.82) is 0 Å². The molecule has 0 spiro atoms. The summed E-state index contributed by atoms with van der Waals surface area (Å²) in [7, 11) is 1.62. The summed E-state index contributed by atoms with van der Waals surface area (Å²) >= 11 is 6.40. The fraction of sp³-hybridized carbons (Fsp3) is 0.130. The Balaban J connectivity index is 1.75. The molecule has 4 aromatic rings. The van der Waals surface area contributed by atoms with Crippen LogP contribution in [-0.4, -0.2) is 17.3 Å². The Kier molecular flexibility index (Phi) is 2.98. The number of fused-ring (bicyclic) bond motifs is 1. The van der Waals surface area contributed by atoms with Gasteiger partial charge in [-0.1, -0.05) is 60.1 Å². The van der Waals surface area contributed by atoms with Crippen LogP contribution in [0.4, 0.5) is 0 Å². The molecule has 3 aliphatic rings. The molecule has 0 unspecified atom stereocenters. The van der Waals surface area contributed by atoms with Gasteiger partial charge in [-0.2, -0.15) is 0 Å². The maximum absolute atomic E-state index is 6.40. The highest BCUT2D eigenvalue weighted by molar-refractivity contribution is 6.34. The van der Waals surface area contributed by atoms with E-state index in [9.17, 15) is 0 Å². The van der Waals surface area contributed by atoms with Crippen molar-refractivity contribution >= 4 is 22.4 Å². The number of nitrogens with zero attached hydrogens (tertiary/aromatic N) is 2. The zero-order valence-electron chi connectivity index (χ0n) is 14.6. The molecular formula is C23H15ClN2O. The van der Waals surface area contributed by atoms with E-state index in [1.807, 2.05) is 0 Å². The molecule has 3 aromatic carbocycles. The molecule has 0 saturated heterocycles. The standard InChI is InChI=1S/C23H15ClN2O/c1-27-23-19-11-17-16(10-18(19)22(24)25-26-23)20-12-6-2-4-8-14(12)21(17)15-9-5-3-7-13(15)20/h2-11,20-21H,1H3. The molecule has 130 valence electrons. The van der Waals surface area contributed by atoms with E-state index in [1.54, 1.807) is 7.11 Å². The highest BCUT2D eigenvalue weighted by Crippen LogP contribution is 2.56. The van der Waals surface area contributed by atoms with Gasteiger partial charge >= 0.3 is 0 Å². The molecule has 0 atom stereocenters. The van der Waals surface area contributed by atoms with E-state index in [2.05, 4.69) is 70.9 Å². The zero-order chi connectivity index (χ0) is 18.1. The molecule has 1 heterocycles. The average Bonchev–Trinajstić information content (AvgIpc) is 2.72. The van der Waals surface area contributed by atoms with E-state index in [4.69, 9.17) is 16.3 Å². The molecule has 0 saturated carbocycles. The number of rotatable bonds is 1. The summed E-state index contributed by atoms with van der Waals surface area (Å²) in [5.41, 5.74) is 8.17. The molecule has 2 bridgehead atoms. The highest BCUT2D eigenvalue weighted by Gasteiger charge is 2.41. The Hall–Kier alpha value is -2.91. The third-order valence-electron chi connectivity index (χ3n) is 5.96. The molecule has 0 fully saturated rings. The van der Waals surface area contributed by atoms with Crippen molar-refractivity contribution < 1.29 is 4.74 Å². The second-order valence-electron chi connectivity index (χ2n) is 7.15. The van der Waals surface area contributed by atoms with Crippen LogP contribution in [0.2, 0.25) is 5.15 Å². The number of halogens is 1. The van der Waals surface area contributed by atoms with Gasteiger partial charge in [-0.05, 0) is 45.5 Å². The third-order valence-corrected chi connectivity index (χ3v) is 6.24. The van der Waals surface area contributed by atoms with Gasteiger partial charge in [-0.25, -0.2) is 0 Å². The van der Waals surface area contributed by atoms with Crippen molar-refractivity contribution in [2.75, 3.05) is 7.11 Å². The van der Waals surface area contributed by atoms with Gasteiger partial charge in [0.1, 0.15) is 0 Å². The van der Waals surface area contributed by atoms with Gasteiger partial charge in [0.05, 0.1) is 7.11 Å². The maximum atomic E-state index is 6.40. The molecule has 27 heavy (non-hydrogen) atoms. The van der Waals surface area contributed by atoms with E-state index in [0.29, 0.717) is 11.0 Å². The normalized spacial score (nSPS) is 18.7. The lowest BCUT2D eigenvalue weighted by molar-refractivity contribution is 0.398. The summed E-state index contributed by atoms with van der Waals surface area (Å²) < 4.78 is 5.46. The molecule has 4 heteroatoms. The number of hydrogen-bond donors (Lipinski definition) is 0. The molecule has 3 nitrogen and oxygen atoms in total. The lowest BCUT2D eigenvalue weighted by Gasteiger charge is -2.42. The Bertz CT molecular complexity index is 1200.